The molecule has 18 heavy (non-hydrogen) atoms. The van der Waals surface area contributed by atoms with E-state index in [1.54, 1.807) is 0 Å². The van der Waals surface area contributed by atoms with Crippen LogP contribution in [0.1, 0.15) is 44.0 Å². The van der Waals surface area contributed by atoms with E-state index in [2.05, 4.69) is 29.1 Å². The normalized spacial score (nSPS) is 20.1. The molecule has 1 fully saturated rings. The summed E-state index contributed by atoms with van der Waals surface area (Å²) in [6.07, 6.45) is 2.49. The van der Waals surface area contributed by atoms with Crippen LogP contribution in [-0.2, 0) is 0 Å². The van der Waals surface area contributed by atoms with Gasteiger partial charge in [-0.1, -0.05) is 13.8 Å². The van der Waals surface area contributed by atoms with Crippen LogP contribution in [0.4, 0.5) is 11.6 Å². The number of aromatic nitrogens is 2. The van der Waals surface area contributed by atoms with Crippen LogP contribution in [0.3, 0.4) is 0 Å². The third-order valence-electron chi connectivity index (χ3n) is 3.22. The van der Waals surface area contributed by atoms with Crippen molar-refractivity contribution in [3.05, 3.63) is 11.4 Å². The molecule has 1 aliphatic rings. The Bertz CT molecular complexity index is 414. The highest BCUT2D eigenvalue weighted by Gasteiger charge is 2.17. The molecule has 0 aromatic carbocycles. The predicted octanol–water partition coefficient (Wildman–Crippen LogP) is 2.80. The Labute approximate surface area is 113 Å². The molecule has 3 N–H and O–H groups in total. The molecule has 0 amide bonds. The first-order valence-corrected chi connectivity index (χ1v) is 7.71. The zero-order chi connectivity index (χ0) is 13.1. The Kier molecular flexibility index (Phi) is 4.32. The number of nitrogens with two attached hydrogens (primary N) is 1. The third kappa shape index (κ3) is 3.07. The number of rotatable bonds is 3. The second-order valence-electron chi connectivity index (χ2n) is 5.15. The molecule has 0 spiro atoms. The summed E-state index contributed by atoms with van der Waals surface area (Å²) in [4.78, 5) is 8.96. The van der Waals surface area contributed by atoms with Crippen LogP contribution in [0.5, 0.6) is 0 Å². The van der Waals surface area contributed by atoms with Crippen molar-refractivity contribution in [3.63, 3.8) is 0 Å². The maximum absolute atomic E-state index is 5.97. The Morgan fingerprint density at radius 3 is 2.78 bits per heavy atom. The van der Waals surface area contributed by atoms with E-state index in [0.717, 1.165) is 23.0 Å². The maximum Gasteiger partial charge on any atom is 0.135 e. The summed E-state index contributed by atoms with van der Waals surface area (Å²) in [7, 11) is 0. The van der Waals surface area contributed by atoms with Gasteiger partial charge >= 0.3 is 0 Å². The van der Waals surface area contributed by atoms with E-state index in [-0.39, 0.29) is 0 Å². The lowest BCUT2D eigenvalue weighted by Gasteiger charge is -2.24. The first kappa shape index (κ1) is 13.5. The van der Waals surface area contributed by atoms with Gasteiger partial charge in [-0.05, 0) is 25.5 Å². The van der Waals surface area contributed by atoms with Crippen molar-refractivity contribution < 1.29 is 0 Å². The molecule has 2 heterocycles. The van der Waals surface area contributed by atoms with Crippen molar-refractivity contribution in [2.24, 2.45) is 0 Å². The van der Waals surface area contributed by atoms with Gasteiger partial charge in [0.05, 0.1) is 0 Å². The lowest BCUT2D eigenvalue weighted by molar-refractivity contribution is 0.678. The van der Waals surface area contributed by atoms with Gasteiger partial charge in [-0.25, -0.2) is 9.97 Å². The lowest BCUT2D eigenvalue weighted by Crippen LogP contribution is -2.27. The largest absolute Gasteiger partial charge is 0.383 e. The zero-order valence-corrected chi connectivity index (χ0v) is 12.2. The molecule has 1 aromatic rings. The smallest absolute Gasteiger partial charge is 0.135 e. The molecule has 1 saturated heterocycles. The predicted molar refractivity (Wildman–Crippen MR) is 79.2 cm³/mol. The minimum atomic E-state index is 0.300. The number of hydrogen-bond acceptors (Lipinski definition) is 5. The van der Waals surface area contributed by atoms with Gasteiger partial charge in [-0.3, -0.25) is 0 Å². The summed E-state index contributed by atoms with van der Waals surface area (Å²) >= 11 is 2.01. The Hall–Kier alpha value is -0.970. The van der Waals surface area contributed by atoms with Crippen LogP contribution >= 0.6 is 11.8 Å². The number of nitrogens with zero attached hydrogens (tertiary/aromatic N) is 2. The van der Waals surface area contributed by atoms with Gasteiger partial charge in [-0.2, -0.15) is 11.8 Å². The van der Waals surface area contributed by atoms with Crippen molar-refractivity contribution in [3.8, 4) is 0 Å². The topological polar surface area (TPSA) is 63.8 Å². The zero-order valence-electron chi connectivity index (χ0n) is 11.4. The van der Waals surface area contributed by atoms with Gasteiger partial charge in [0, 0.05) is 23.3 Å². The molecule has 1 aromatic heterocycles. The van der Waals surface area contributed by atoms with Gasteiger partial charge in [0.25, 0.3) is 0 Å². The lowest BCUT2D eigenvalue weighted by atomic mass is 10.1. The first-order valence-electron chi connectivity index (χ1n) is 6.56. The van der Waals surface area contributed by atoms with E-state index in [4.69, 9.17) is 5.73 Å². The van der Waals surface area contributed by atoms with Crippen LogP contribution in [0.25, 0.3) is 0 Å². The molecule has 5 heteroatoms. The Morgan fingerprint density at radius 1 is 1.39 bits per heavy atom. The highest BCUT2D eigenvalue weighted by atomic mass is 32.2. The number of hydrogen-bond donors (Lipinski definition) is 2. The molecule has 0 saturated carbocycles. The van der Waals surface area contributed by atoms with Crippen LogP contribution in [0.2, 0.25) is 0 Å². The second-order valence-corrected chi connectivity index (χ2v) is 6.30. The molecular weight excluding hydrogens is 244 g/mol. The standard InChI is InChI=1S/C13H22N4S/c1-8(2)12-16-11(14)9(3)13(17-12)15-10-5-4-6-18-7-10/h8,10H,4-7H2,1-3H3,(H3,14,15,16,17). The summed E-state index contributed by atoms with van der Waals surface area (Å²) < 4.78 is 0. The monoisotopic (exact) mass is 266 g/mol. The van der Waals surface area contributed by atoms with E-state index < -0.39 is 0 Å². The van der Waals surface area contributed by atoms with Crippen molar-refractivity contribution in [1.82, 2.24) is 9.97 Å². The highest BCUT2D eigenvalue weighted by molar-refractivity contribution is 7.99. The van der Waals surface area contributed by atoms with Gasteiger partial charge in [0.1, 0.15) is 17.5 Å². The average molecular weight is 266 g/mol. The second kappa shape index (κ2) is 5.78. The van der Waals surface area contributed by atoms with Crippen molar-refractivity contribution in [2.45, 2.75) is 45.6 Å². The number of thioether (sulfide) groups is 1. The molecule has 0 bridgehead atoms. The van der Waals surface area contributed by atoms with Crippen LogP contribution in [0, 0.1) is 6.92 Å². The molecule has 1 atom stereocenters. The minimum absolute atomic E-state index is 0.300. The quantitative estimate of drug-likeness (QED) is 0.880. The number of anilines is 2. The van der Waals surface area contributed by atoms with E-state index in [1.807, 2.05) is 18.7 Å². The fourth-order valence-electron chi connectivity index (χ4n) is 2.00. The SMILES string of the molecule is Cc1c(N)nc(C(C)C)nc1NC1CCCSC1. The molecule has 0 aliphatic carbocycles. The molecular formula is C13H22N4S. The fraction of sp³-hybridized carbons (Fsp3) is 0.692. The minimum Gasteiger partial charge on any atom is -0.383 e. The molecule has 1 unspecified atom stereocenters. The maximum atomic E-state index is 5.97. The van der Waals surface area contributed by atoms with Gasteiger partial charge in [0.2, 0.25) is 0 Å². The molecule has 4 nitrogen and oxygen atoms in total. The van der Waals surface area contributed by atoms with Crippen molar-refractivity contribution >= 4 is 23.4 Å². The Balaban J connectivity index is 2.19. The van der Waals surface area contributed by atoms with Gasteiger partial charge in [-0.15, -0.1) is 0 Å². The highest BCUT2D eigenvalue weighted by Crippen LogP contribution is 2.25. The number of nitrogens with one attached hydrogen (secondary N) is 1. The third-order valence-corrected chi connectivity index (χ3v) is 4.43. The summed E-state index contributed by atoms with van der Waals surface area (Å²) in [5.41, 5.74) is 6.94. The van der Waals surface area contributed by atoms with E-state index >= 15 is 0 Å². The molecule has 100 valence electrons. The van der Waals surface area contributed by atoms with Crippen LogP contribution in [0.15, 0.2) is 0 Å². The van der Waals surface area contributed by atoms with Gasteiger partial charge in [0.15, 0.2) is 0 Å². The van der Waals surface area contributed by atoms with E-state index in [1.165, 1.54) is 18.6 Å². The van der Waals surface area contributed by atoms with Crippen molar-refractivity contribution in [2.75, 3.05) is 22.6 Å². The first-order chi connectivity index (χ1) is 8.58. The van der Waals surface area contributed by atoms with Gasteiger partial charge < -0.3 is 11.1 Å². The molecule has 2 rings (SSSR count). The van der Waals surface area contributed by atoms with Crippen LogP contribution in [-0.4, -0.2) is 27.5 Å². The van der Waals surface area contributed by atoms with Crippen LogP contribution < -0.4 is 11.1 Å². The summed E-state index contributed by atoms with van der Waals surface area (Å²) in [6.45, 7) is 6.16. The average Bonchev–Trinajstić information content (AvgIpc) is 2.35. The Morgan fingerprint density at radius 2 is 2.17 bits per heavy atom. The molecule has 0 radical (unpaired) electrons. The van der Waals surface area contributed by atoms with E-state index in [0.29, 0.717) is 17.8 Å². The summed E-state index contributed by atoms with van der Waals surface area (Å²) in [5, 5.41) is 3.53. The van der Waals surface area contributed by atoms with Crippen molar-refractivity contribution in [1.29, 1.82) is 0 Å². The summed E-state index contributed by atoms with van der Waals surface area (Å²) in [5.74, 6) is 5.07. The summed E-state index contributed by atoms with van der Waals surface area (Å²) in [6, 6.07) is 0.511. The molecule has 1 aliphatic heterocycles. The number of nitrogen functional groups attached to an aromatic ring is 1. The fourth-order valence-corrected chi connectivity index (χ4v) is 3.07. The van der Waals surface area contributed by atoms with E-state index in [9.17, 15) is 0 Å².